The molecule has 0 spiro atoms. The van der Waals surface area contributed by atoms with Gasteiger partial charge in [-0.05, 0) is 43.9 Å². The first-order valence-electron chi connectivity index (χ1n) is 8.11. The molecule has 23 heavy (non-hydrogen) atoms. The summed E-state index contributed by atoms with van der Waals surface area (Å²) in [5.41, 5.74) is 6.11. The van der Waals surface area contributed by atoms with Gasteiger partial charge in [-0.1, -0.05) is 12.1 Å². The van der Waals surface area contributed by atoms with E-state index in [1.807, 2.05) is 11.0 Å². The van der Waals surface area contributed by atoms with E-state index in [1.54, 1.807) is 18.2 Å². The van der Waals surface area contributed by atoms with Crippen LogP contribution in [0.4, 0.5) is 0 Å². The lowest BCUT2D eigenvalue weighted by Gasteiger charge is -2.32. The Bertz CT molecular complexity index is 754. The van der Waals surface area contributed by atoms with Gasteiger partial charge in [0.2, 0.25) is 5.91 Å². The molecule has 2 heterocycles. The number of carbonyl (C=O) groups is 1. The van der Waals surface area contributed by atoms with Crippen LogP contribution in [0.3, 0.4) is 0 Å². The van der Waals surface area contributed by atoms with Gasteiger partial charge in [-0.2, -0.15) is 0 Å². The van der Waals surface area contributed by atoms with Gasteiger partial charge in [0, 0.05) is 13.1 Å². The van der Waals surface area contributed by atoms with Crippen LogP contribution in [0.1, 0.15) is 19.3 Å². The normalized spacial score (nSPS) is 18.3. The zero-order valence-corrected chi connectivity index (χ0v) is 13.1. The predicted molar refractivity (Wildman–Crippen MR) is 89.0 cm³/mol. The fraction of sp³-hybridized carbons (Fsp3) is 0.471. The van der Waals surface area contributed by atoms with E-state index >= 15 is 0 Å². The molecule has 1 amide bonds. The zero-order valence-electron chi connectivity index (χ0n) is 13.1. The zero-order chi connectivity index (χ0) is 16.2. The number of nitrogens with two attached hydrogens (primary N) is 1. The average molecular weight is 314 g/mol. The summed E-state index contributed by atoms with van der Waals surface area (Å²) in [4.78, 5) is 31.1. The molecule has 0 bridgehead atoms. The van der Waals surface area contributed by atoms with Crippen LogP contribution in [0.2, 0.25) is 0 Å². The summed E-state index contributed by atoms with van der Waals surface area (Å²) in [5.74, 6) is 0.454. The third kappa shape index (κ3) is 3.42. The van der Waals surface area contributed by atoms with E-state index < -0.39 is 0 Å². The summed E-state index contributed by atoms with van der Waals surface area (Å²) in [6.07, 6.45) is 4.53. The van der Waals surface area contributed by atoms with E-state index in [0.717, 1.165) is 32.4 Å². The van der Waals surface area contributed by atoms with Crippen LogP contribution in [0.25, 0.3) is 10.9 Å². The predicted octanol–water partition coefficient (Wildman–Crippen LogP) is 0.984. The number of rotatable bonds is 4. The Balaban J connectivity index is 1.75. The topological polar surface area (TPSA) is 81.2 Å². The summed E-state index contributed by atoms with van der Waals surface area (Å²) < 4.78 is 1.40. The average Bonchev–Trinajstić information content (AvgIpc) is 2.58. The van der Waals surface area contributed by atoms with Crippen molar-refractivity contribution in [3.05, 3.63) is 40.9 Å². The highest BCUT2D eigenvalue weighted by Crippen LogP contribution is 2.19. The number of hydrogen-bond donors (Lipinski definition) is 1. The molecule has 1 fully saturated rings. The fourth-order valence-corrected chi connectivity index (χ4v) is 3.23. The molecular formula is C17H22N4O2. The van der Waals surface area contributed by atoms with E-state index in [9.17, 15) is 9.59 Å². The second kappa shape index (κ2) is 6.91. The Morgan fingerprint density at radius 1 is 1.35 bits per heavy atom. The third-order valence-electron chi connectivity index (χ3n) is 4.48. The highest BCUT2D eigenvalue weighted by Gasteiger charge is 2.23. The molecule has 122 valence electrons. The maximum absolute atomic E-state index is 12.5. The monoisotopic (exact) mass is 314 g/mol. The van der Waals surface area contributed by atoms with Gasteiger partial charge in [0.15, 0.2) is 0 Å². The van der Waals surface area contributed by atoms with Crippen LogP contribution < -0.4 is 11.3 Å². The van der Waals surface area contributed by atoms with Gasteiger partial charge in [-0.15, -0.1) is 0 Å². The van der Waals surface area contributed by atoms with E-state index in [1.165, 1.54) is 10.9 Å². The smallest absolute Gasteiger partial charge is 0.261 e. The number of aromatic nitrogens is 2. The summed E-state index contributed by atoms with van der Waals surface area (Å²) in [6, 6.07) is 7.18. The maximum Gasteiger partial charge on any atom is 0.261 e. The Labute approximate surface area is 134 Å². The van der Waals surface area contributed by atoms with E-state index in [0.29, 0.717) is 23.4 Å². The minimum Gasteiger partial charge on any atom is -0.341 e. The van der Waals surface area contributed by atoms with Crippen molar-refractivity contribution in [2.24, 2.45) is 11.7 Å². The van der Waals surface area contributed by atoms with Crippen molar-refractivity contribution in [3.8, 4) is 0 Å². The molecule has 2 aromatic rings. The van der Waals surface area contributed by atoms with E-state index in [-0.39, 0.29) is 18.0 Å². The van der Waals surface area contributed by atoms with E-state index in [4.69, 9.17) is 5.73 Å². The van der Waals surface area contributed by atoms with Crippen LogP contribution in [0, 0.1) is 5.92 Å². The van der Waals surface area contributed by atoms with Crippen molar-refractivity contribution in [1.29, 1.82) is 0 Å². The van der Waals surface area contributed by atoms with Crippen molar-refractivity contribution in [1.82, 2.24) is 14.5 Å². The lowest BCUT2D eigenvalue weighted by atomic mass is 9.95. The van der Waals surface area contributed by atoms with Crippen LogP contribution in [0.5, 0.6) is 0 Å². The van der Waals surface area contributed by atoms with Gasteiger partial charge < -0.3 is 10.6 Å². The number of carbonyl (C=O) groups excluding carboxylic acids is 1. The van der Waals surface area contributed by atoms with Gasteiger partial charge in [0.25, 0.3) is 5.56 Å². The van der Waals surface area contributed by atoms with Crippen LogP contribution in [-0.2, 0) is 11.3 Å². The van der Waals surface area contributed by atoms with E-state index in [2.05, 4.69) is 4.98 Å². The standard InChI is InChI=1S/C17H22N4O2/c18-8-7-13-4-3-9-20(10-13)16(22)11-21-12-19-15-6-2-1-5-14(15)17(21)23/h1-2,5-6,12-13H,3-4,7-11,18H2. The second-order valence-electron chi connectivity index (χ2n) is 6.12. The summed E-state index contributed by atoms with van der Waals surface area (Å²) in [5, 5.41) is 0.544. The molecule has 1 saturated heterocycles. The molecule has 1 aromatic heterocycles. The van der Waals surface area contributed by atoms with Gasteiger partial charge >= 0.3 is 0 Å². The highest BCUT2D eigenvalue weighted by molar-refractivity contribution is 5.79. The minimum atomic E-state index is -0.167. The number of benzene rings is 1. The molecule has 1 unspecified atom stereocenters. The molecule has 3 rings (SSSR count). The molecule has 2 N–H and O–H groups in total. The Kier molecular flexibility index (Phi) is 4.71. The summed E-state index contributed by atoms with van der Waals surface area (Å²) in [7, 11) is 0. The van der Waals surface area contributed by atoms with Crippen LogP contribution in [0.15, 0.2) is 35.4 Å². The van der Waals surface area contributed by atoms with Crippen molar-refractivity contribution in [2.45, 2.75) is 25.8 Å². The summed E-state index contributed by atoms with van der Waals surface area (Å²) in [6.45, 7) is 2.20. The van der Waals surface area contributed by atoms with Gasteiger partial charge in [0.1, 0.15) is 6.54 Å². The quantitative estimate of drug-likeness (QED) is 0.912. The molecule has 0 aliphatic carbocycles. The molecular weight excluding hydrogens is 292 g/mol. The van der Waals surface area contributed by atoms with Crippen molar-refractivity contribution < 1.29 is 4.79 Å². The van der Waals surface area contributed by atoms with Gasteiger partial charge in [-0.3, -0.25) is 14.2 Å². The number of hydrogen-bond acceptors (Lipinski definition) is 4. The fourth-order valence-electron chi connectivity index (χ4n) is 3.23. The van der Waals surface area contributed by atoms with Crippen LogP contribution in [-0.4, -0.2) is 40.0 Å². The maximum atomic E-state index is 12.5. The number of piperidine rings is 1. The molecule has 1 atom stereocenters. The highest BCUT2D eigenvalue weighted by atomic mass is 16.2. The Morgan fingerprint density at radius 2 is 2.17 bits per heavy atom. The van der Waals surface area contributed by atoms with Crippen molar-refractivity contribution >= 4 is 16.8 Å². The molecule has 1 aliphatic heterocycles. The Morgan fingerprint density at radius 3 is 3.00 bits per heavy atom. The molecule has 0 radical (unpaired) electrons. The largest absolute Gasteiger partial charge is 0.341 e. The SMILES string of the molecule is NCCC1CCCN(C(=O)Cn2cnc3ccccc3c2=O)C1. The number of fused-ring (bicyclic) bond motifs is 1. The second-order valence-corrected chi connectivity index (χ2v) is 6.12. The number of para-hydroxylation sites is 1. The van der Waals surface area contributed by atoms with Crippen molar-refractivity contribution in [2.75, 3.05) is 19.6 Å². The molecule has 0 saturated carbocycles. The minimum absolute atomic E-state index is 0.0223. The van der Waals surface area contributed by atoms with Crippen molar-refractivity contribution in [3.63, 3.8) is 0 Å². The molecule has 6 nitrogen and oxygen atoms in total. The van der Waals surface area contributed by atoms with Crippen LogP contribution >= 0.6 is 0 Å². The van der Waals surface area contributed by atoms with Gasteiger partial charge in [-0.25, -0.2) is 4.98 Å². The summed E-state index contributed by atoms with van der Waals surface area (Å²) >= 11 is 0. The Hall–Kier alpha value is -2.21. The molecule has 6 heteroatoms. The lowest BCUT2D eigenvalue weighted by molar-refractivity contribution is -0.133. The lowest BCUT2D eigenvalue weighted by Crippen LogP contribution is -2.43. The number of nitrogens with zero attached hydrogens (tertiary/aromatic N) is 3. The third-order valence-corrected chi connectivity index (χ3v) is 4.48. The number of likely N-dealkylation sites (tertiary alicyclic amines) is 1. The first kappa shape index (κ1) is 15.7. The van der Waals surface area contributed by atoms with Gasteiger partial charge in [0.05, 0.1) is 17.2 Å². The molecule has 1 aliphatic rings. The first-order valence-corrected chi connectivity index (χ1v) is 8.11. The molecule has 1 aromatic carbocycles. The first-order chi connectivity index (χ1) is 11.2. The number of amides is 1.